The molecular weight excluding hydrogens is 318 g/mol. The molecule has 0 N–H and O–H groups in total. The van der Waals surface area contributed by atoms with Gasteiger partial charge in [0.1, 0.15) is 12.0 Å². The summed E-state index contributed by atoms with van der Waals surface area (Å²) in [7, 11) is 0. The van der Waals surface area contributed by atoms with Crippen LogP contribution < -0.4 is 0 Å². The molecule has 1 unspecified atom stereocenters. The highest BCUT2D eigenvalue weighted by atomic mass is 16.5. The Hall–Kier alpha value is -2.43. The molecule has 1 aromatic carbocycles. The molecule has 1 aromatic rings. The molecule has 5 heteroatoms. The number of amides is 2. The number of piperidine rings is 1. The zero-order chi connectivity index (χ0) is 19.0. The van der Waals surface area contributed by atoms with Crippen LogP contribution in [0.2, 0.25) is 0 Å². The highest BCUT2D eigenvalue weighted by molar-refractivity contribution is 6.12. The van der Waals surface area contributed by atoms with Gasteiger partial charge in [0.15, 0.2) is 0 Å². The standard InChI is InChI=1S/C18H21NO4.C2H6/c1-4-12-23-17(22)18(3)10-5-11-19(16(18)21)15(20)14-8-6-13(2)7-9-14;1-2/h4,6-9H,1,5,10-12H2,2-3H3;1-2H3. The quantitative estimate of drug-likeness (QED) is 0.362. The van der Waals surface area contributed by atoms with Crippen molar-refractivity contribution >= 4 is 17.8 Å². The van der Waals surface area contributed by atoms with E-state index in [0.717, 1.165) is 10.5 Å². The van der Waals surface area contributed by atoms with Crippen LogP contribution in [0.15, 0.2) is 36.9 Å². The first-order chi connectivity index (χ1) is 11.9. The van der Waals surface area contributed by atoms with Gasteiger partial charge in [0.2, 0.25) is 5.91 Å². The van der Waals surface area contributed by atoms with Crippen LogP contribution in [0.4, 0.5) is 0 Å². The largest absolute Gasteiger partial charge is 0.461 e. The van der Waals surface area contributed by atoms with Gasteiger partial charge >= 0.3 is 5.97 Å². The molecule has 1 heterocycles. The van der Waals surface area contributed by atoms with E-state index in [2.05, 4.69) is 6.58 Å². The number of imide groups is 1. The van der Waals surface area contributed by atoms with Crippen molar-refractivity contribution in [3.8, 4) is 0 Å². The van der Waals surface area contributed by atoms with Crippen molar-refractivity contribution in [1.82, 2.24) is 4.90 Å². The van der Waals surface area contributed by atoms with Crippen LogP contribution in [0.5, 0.6) is 0 Å². The van der Waals surface area contributed by atoms with Gasteiger partial charge in [0.05, 0.1) is 0 Å². The highest BCUT2D eigenvalue weighted by Crippen LogP contribution is 2.33. The number of likely N-dealkylation sites (tertiary alicyclic amines) is 1. The molecule has 25 heavy (non-hydrogen) atoms. The van der Waals surface area contributed by atoms with Crippen molar-refractivity contribution < 1.29 is 19.1 Å². The molecule has 0 aliphatic carbocycles. The fourth-order valence-electron chi connectivity index (χ4n) is 2.63. The van der Waals surface area contributed by atoms with E-state index >= 15 is 0 Å². The SMILES string of the molecule is C=CCOC(=O)C1(C)CCCN(C(=O)c2ccc(C)cc2)C1=O.CC. The molecule has 1 saturated heterocycles. The van der Waals surface area contributed by atoms with Crippen LogP contribution in [-0.4, -0.2) is 35.8 Å². The Balaban J connectivity index is 0.00000151. The summed E-state index contributed by atoms with van der Waals surface area (Å²) in [6.45, 7) is 11.3. The molecule has 0 saturated carbocycles. The number of carbonyl (C=O) groups is 3. The molecule has 5 nitrogen and oxygen atoms in total. The Kier molecular flexibility index (Phi) is 7.55. The summed E-state index contributed by atoms with van der Waals surface area (Å²) in [5.41, 5.74) is 0.152. The van der Waals surface area contributed by atoms with Gasteiger partial charge in [-0.05, 0) is 38.8 Å². The van der Waals surface area contributed by atoms with Crippen molar-refractivity contribution in [3.63, 3.8) is 0 Å². The van der Waals surface area contributed by atoms with Gasteiger partial charge in [0, 0.05) is 12.1 Å². The normalized spacial score (nSPS) is 19.5. The number of benzene rings is 1. The third kappa shape index (κ3) is 4.56. The number of rotatable bonds is 4. The summed E-state index contributed by atoms with van der Waals surface area (Å²) >= 11 is 0. The Morgan fingerprint density at radius 3 is 2.44 bits per heavy atom. The van der Waals surface area contributed by atoms with Crippen molar-refractivity contribution in [3.05, 3.63) is 48.0 Å². The predicted molar refractivity (Wildman–Crippen MR) is 97.1 cm³/mol. The van der Waals surface area contributed by atoms with Crippen LogP contribution in [0, 0.1) is 12.3 Å². The van der Waals surface area contributed by atoms with Gasteiger partial charge < -0.3 is 4.74 Å². The van der Waals surface area contributed by atoms with Crippen molar-refractivity contribution in [1.29, 1.82) is 0 Å². The fraction of sp³-hybridized carbons (Fsp3) is 0.450. The van der Waals surface area contributed by atoms with Gasteiger partial charge in [-0.3, -0.25) is 19.3 Å². The minimum atomic E-state index is -1.32. The number of esters is 1. The maximum absolute atomic E-state index is 12.7. The number of hydrogen-bond donors (Lipinski definition) is 0. The lowest BCUT2D eigenvalue weighted by Crippen LogP contribution is -2.53. The van der Waals surface area contributed by atoms with Gasteiger partial charge in [0.25, 0.3) is 5.91 Å². The molecule has 2 rings (SSSR count). The van der Waals surface area contributed by atoms with Crippen molar-refractivity contribution in [2.24, 2.45) is 5.41 Å². The molecule has 0 spiro atoms. The summed E-state index contributed by atoms with van der Waals surface area (Å²) in [4.78, 5) is 38.7. The minimum Gasteiger partial charge on any atom is -0.461 e. The molecule has 0 bridgehead atoms. The zero-order valence-corrected chi connectivity index (χ0v) is 15.5. The smallest absolute Gasteiger partial charge is 0.321 e. The van der Waals surface area contributed by atoms with E-state index in [-0.39, 0.29) is 12.5 Å². The Morgan fingerprint density at radius 2 is 1.88 bits per heavy atom. The topological polar surface area (TPSA) is 63.7 Å². The Morgan fingerprint density at radius 1 is 1.28 bits per heavy atom. The molecule has 1 fully saturated rings. The van der Waals surface area contributed by atoms with Crippen LogP contribution in [0.3, 0.4) is 0 Å². The highest BCUT2D eigenvalue weighted by Gasteiger charge is 2.49. The zero-order valence-electron chi connectivity index (χ0n) is 15.5. The summed E-state index contributed by atoms with van der Waals surface area (Å²) < 4.78 is 5.04. The van der Waals surface area contributed by atoms with E-state index in [1.807, 2.05) is 32.9 Å². The van der Waals surface area contributed by atoms with E-state index in [1.54, 1.807) is 12.1 Å². The number of aryl methyl sites for hydroxylation is 1. The first-order valence-electron chi connectivity index (χ1n) is 8.61. The van der Waals surface area contributed by atoms with Gasteiger partial charge in [-0.25, -0.2) is 0 Å². The first-order valence-corrected chi connectivity index (χ1v) is 8.61. The van der Waals surface area contributed by atoms with Crippen molar-refractivity contribution in [2.45, 2.75) is 40.5 Å². The fourth-order valence-corrected chi connectivity index (χ4v) is 2.63. The molecule has 0 radical (unpaired) electrons. The molecular formula is C20H27NO4. The van der Waals surface area contributed by atoms with E-state index < -0.39 is 17.3 Å². The maximum atomic E-state index is 12.7. The van der Waals surface area contributed by atoms with Crippen LogP contribution in [0.1, 0.15) is 49.5 Å². The average molecular weight is 345 g/mol. The van der Waals surface area contributed by atoms with E-state index in [1.165, 1.54) is 13.0 Å². The lowest BCUT2D eigenvalue weighted by Gasteiger charge is -2.36. The Labute approximate surface area is 149 Å². The van der Waals surface area contributed by atoms with E-state index in [4.69, 9.17) is 4.74 Å². The lowest BCUT2D eigenvalue weighted by atomic mass is 9.80. The van der Waals surface area contributed by atoms with Crippen molar-refractivity contribution in [2.75, 3.05) is 13.2 Å². The Bertz CT molecular complexity index is 636. The first kappa shape index (κ1) is 20.6. The summed E-state index contributed by atoms with van der Waals surface area (Å²) in [6.07, 6.45) is 2.40. The van der Waals surface area contributed by atoms with Gasteiger partial charge in [-0.15, -0.1) is 0 Å². The second kappa shape index (κ2) is 9.16. The van der Waals surface area contributed by atoms with Crippen LogP contribution >= 0.6 is 0 Å². The molecule has 1 atom stereocenters. The van der Waals surface area contributed by atoms with E-state index in [9.17, 15) is 14.4 Å². The predicted octanol–water partition coefficient (Wildman–Crippen LogP) is 3.52. The van der Waals surface area contributed by atoms with Crippen LogP contribution in [-0.2, 0) is 14.3 Å². The second-order valence-corrected chi connectivity index (χ2v) is 5.95. The molecule has 0 aromatic heterocycles. The molecule has 1 aliphatic heterocycles. The lowest BCUT2D eigenvalue weighted by molar-refractivity contribution is -0.165. The maximum Gasteiger partial charge on any atom is 0.321 e. The minimum absolute atomic E-state index is 0.0492. The summed E-state index contributed by atoms with van der Waals surface area (Å²) in [5.74, 6) is -1.48. The summed E-state index contributed by atoms with van der Waals surface area (Å²) in [6, 6.07) is 7.01. The third-order valence-corrected chi connectivity index (χ3v) is 4.10. The number of hydrogen-bond acceptors (Lipinski definition) is 4. The monoisotopic (exact) mass is 345 g/mol. The summed E-state index contributed by atoms with van der Waals surface area (Å²) in [5, 5.41) is 0. The van der Waals surface area contributed by atoms with E-state index in [0.29, 0.717) is 24.9 Å². The molecule has 136 valence electrons. The number of ether oxygens (including phenoxy) is 1. The third-order valence-electron chi connectivity index (χ3n) is 4.10. The molecule has 2 amide bonds. The number of carbonyl (C=O) groups excluding carboxylic acids is 3. The average Bonchev–Trinajstić information content (AvgIpc) is 2.63. The van der Waals surface area contributed by atoms with Gasteiger partial charge in [-0.2, -0.15) is 0 Å². The number of nitrogens with zero attached hydrogens (tertiary/aromatic N) is 1. The van der Waals surface area contributed by atoms with Gasteiger partial charge in [-0.1, -0.05) is 44.2 Å². The second-order valence-electron chi connectivity index (χ2n) is 5.95. The molecule has 1 aliphatic rings. The van der Waals surface area contributed by atoms with Crippen LogP contribution in [0.25, 0.3) is 0 Å².